The number of hydrogen-bond donors (Lipinski definition) is 0. The van der Waals surface area contributed by atoms with Gasteiger partial charge in [-0.25, -0.2) is 0 Å². The van der Waals surface area contributed by atoms with E-state index in [1.165, 1.54) is 11.3 Å². The SMILES string of the molecule is C=CCN(Cc1ccc(Cl)s1)C(=O)c1cc(OC)c(C)c(OC)c1. The first-order chi connectivity index (χ1) is 11.5. The van der Waals surface area contributed by atoms with E-state index >= 15 is 0 Å². The maximum Gasteiger partial charge on any atom is 0.254 e. The molecule has 4 nitrogen and oxygen atoms in total. The number of thiophene rings is 1. The van der Waals surface area contributed by atoms with Crippen molar-refractivity contribution >= 4 is 28.8 Å². The van der Waals surface area contributed by atoms with Gasteiger partial charge in [-0.05, 0) is 31.2 Å². The monoisotopic (exact) mass is 365 g/mol. The lowest BCUT2D eigenvalue weighted by Crippen LogP contribution is -2.30. The number of carbonyl (C=O) groups excluding carboxylic acids is 1. The third-order valence-corrected chi connectivity index (χ3v) is 4.83. The van der Waals surface area contributed by atoms with E-state index in [1.54, 1.807) is 37.3 Å². The van der Waals surface area contributed by atoms with Gasteiger partial charge in [0.1, 0.15) is 11.5 Å². The number of halogens is 1. The first-order valence-corrected chi connectivity index (χ1v) is 8.56. The molecule has 1 amide bonds. The lowest BCUT2D eigenvalue weighted by molar-refractivity contribution is 0.0763. The molecule has 0 aliphatic carbocycles. The molecule has 0 saturated carbocycles. The fraction of sp³-hybridized carbons (Fsp3) is 0.278. The van der Waals surface area contributed by atoms with Crippen molar-refractivity contribution in [1.82, 2.24) is 4.90 Å². The van der Waals surface area contributed by atoms with E-state index in [-0.39, 0.29) is 5.91 Å². The highest BCUT2D eigenvalue weighted by molar-refractivity contribution is 7.16. The summed E-state index contributed by atoms with van der Waals surface area (Å²) >= 11 is 7.44. The van der Waals surface area contributed by atoms with Crippen molar-refractivity contribution < 1.29 is 14.3 Å². The predicted octanol–water partition coefficient (Wildman–Crippen LogP) is 4.56. The van der Waals surface area contributed by atoms with Gasteiger partial charge in [0, 0.05) is 22.5 Å². The van der Waals surface area contributed by atoms with Gasteiger partial charge in [0.05, 0.1) is 25.1 Å². The summed E-state index contributed by atoms with van der Waals surface area (Å²) in [5.74, 6) is 1.13. The summed E-state index contributed by atoms with van der Waals surface area (Å²) in [5.41, 5.74) is 1.37. The van der Waals surface area contributed by atoms with Crippen LogP contribution in [0.25, 0.3) is 0 Å². The third-order valence-electron chi connectivity index (χ3n) is 3.61. The lowest BCUT2D eigenvalue weighted by Gasteiger charge is -2.21. The van der Waals surface area contributed by atoms with Crippen LogP contribution in [0.2, 0.25) is 4.34 Å². The molecule has 1 aromatic heterocycles. The van der Waals surface area contributed by atoms with E-state index in [0.717, 1.165) is 10.4 Å². The average molecular weight is 366 g/mol. The zero-order valence-electron chi connectivity index (χ0n) is 14.0. The van der Waals surface area contributed by atoms with Gasteiger partial charge in [0.25, 0.3) is 5.91 Å². The normalized spacial score (nSPS) is 10.3. The lowest BCUT2D eigenvalue weighted by atomic mass is 10.1. The van der Waals surface area contributed by atoms with Crippen LogP contribution < -0.4 is 9.47 Å². The smallest absolute Gasteiger partial charge is 0.254 e. The molecular weight excluding hydrogens is 346 g/mol. The van der Waals surface area contributed by atoms with Crippen LogP contribution in [0.3, 0.4) is 0 Å². The van der Waals surface area contributed by atoms with Gasteiger partial charge in [0.2, 0.25) is 0 Å². The second kappa shape index (κ2) is 8.22. The van der Waals surface area contributed by atoms with E-state index < -0.39 is 0 Å². The van der Waals surface area contributed by atoms with Gasteiger partial charge in [-0.3, -0.25) is 4.79 Å². The molecule has 6 heteroatoms. The second-order valence-corrected chi connectivity index (χ2v) is 6.99. The Morgan fingerprint density at radius 3 is 2.38 bits per heavy atom. The fourth-order valence-electron chi connectivity index (χ4n) is 2.39. The molecule has 0 fully saturated rings. The van der Waals surface area contributed by atoms with Crippen molar-refractivity contribution in [2.24, 2.45) is 0 Å². The molecule has 0 bridgehead atoms. The van der Waals surface area contributed by atoms with Crippen LogP contribution in [0, 0.1) is 6.92 Å². The van der Waals surface area contributed by atoms with Gasteiger partial charge in [-0.2, -0.15) is 0 Å². The number of rotatable bonds is 7. The predicted molar refractivity (Wildman–Crippen MR) is 98.5 cm³/mol. The third kappa shape index (κ3) is 4.10. The minimum absolute atomic E-state index is 0.115. The van der Waals surface area contributed by atoms with E-state index in [9.17, 15) is 4.79 Å². The average Bonchev–Trinajstić information content (AvgIpc) is 2.99. The molecule has 1 aromatic carbocycles. The number of nitrogens with zero attached hydrogens (tertiary/aromatic N) is 1. The summed E-state index contributed by atoms with van der Waals surface area (Å²) < 4.78 is 11.4. The highest BCUT2D eigenvalue weighted by Crippen LogP contribution is 2.30. The molecule has 0 N–H and O–H groups in total. The molecular formula is C18H20ClNO3S. The van der Waals surface area contributed by atoms with Crippen molar-refractivity contribution in [3.63, 3.8) is 0 Å². The van der Waals surface area contributed by atoms with Crippen LogP contribution >= 0.6 is 22.9 Å². The molecule has 24 heavy (non-hydrogen) atoms. The van der Waals surface area contributed by atoms with Gasteiger partial charge in [0.15, 0.2) is 0 Å². The van der Waals surface area contributed by atoms with Crippen LogP contribution in [0.5, 0.6) is 11.5 Å². The Morgan fingerprint density at radius 2 is 1.92 bits per heavy atom. The Labute approximate surface area is 151 Å². The molecule has 0 aliphatic heterocycles. The number of carbonyl (C=O) groups is 1. The molecule has 0 aliphatic rings. The molecule has 2 rings (SSSR count). The molecule has 128 valence electrons. The first kappa shape index (κ1) is 18.4. The summed E-state index contributed by atoms with van der Waals surface area (Å²) in [6, 6.07) is 7.22. The zero-order valence-corrected chi connectivity index (χ0v) is 15.5. The summed E-state index contributed by atoms with van der Waals surface area (Å²) in [5, 5.41) is 0. The van der Waals surface area contributed by atoms with Gasteiger partial charge >= 0.3 is 0 Å². The number of hydrogen-bond acceptors (Lipinski definition) is 4. The Balaban J connectivity index is 2.33. The van der Waals surface area contributed by atoms with E-state index in [2.05, 4.69) is 6.58 Å². The van der Waals surface area contributed by atoms with Crippen molar-refractivity contribution in [1.29, 1.82) is 0 Å². The second-order valence-electron chi connectivity index (χ2n) is 5.19. The van der Waals surface area contributed by atoms with Crippen LogP contribution in [0.1, 0.15) is 20.8 Å². The topological polar surface area (TPSA) is 38.8 Å². The Kier molecular flexibility index (Phi) is 6.29. The van der Waals surface area contributed by atoms with Gasteiger partial charge in [-0.1, -0.05) is 17.7 Å². The van der Waals surface area contributed by atoms with E-state index in [1.807, 2.05) is 19.1 Å². The number of ether oxygens (including phenoxy) is 2. The fourth-order valence-corrected chi connectivity index (χ4v) is 3.50. The summed E-state index contributed by atoms with van der Waals surface area (Å²) in [6.07, 6.45) is 1.70. The first-order valence-electron chi connectivity index (χ1n) is 7.37. The number of amides is 1. The van der Waals surface area contributed by atoms with E-state index in [4.69, 9.17) is 21.1 Å². The summed E-state index contributed by atoms with van der Waals surface area (Å²) in [6.45, 7) is 6.54. The van der Waals surface area contributed by atoms with Crippen LogP contribution in [0.15, 0.2) is 36.9 Å². The Bertz CT molecular complexity index is 717. The number of methoxy groups -OCH3 is 2. The van der Waals surface area contributed by atoms with Crippen molar-refractivity contribution in [3.8, 4) is 11.5 Å². The zero-order chi connectivity index (χ0) is 17.7. The van der Waals surface area contributed by atoms with Crippen LogP contribution in [-0.2, 0) is 6.54 Å². The molecule has 2 aromatic rings. The van der Waals surface area contributed by atoms with Crippen LogP contribution in [-0.4, -0.2) is 31.6 Å². The molecule has 0 unspecified atom stereocenters. The highest BCUT2D eigenvalue weighted by atomic mass is 35.5. The van der Waals surface area contributed by atoms with Gasteiger partial charge in [-0.15, -0.1) is 17.9 Å². The quantitative estimate of drug-likeness (QED) is 0.675. The highest BCUT2D eigenvalue weighted by Gasteiger charge is 2.19. The number of benzene rings is 1. The van der Waals surface area contributed by atoms with Crippen molar-refractivity contribution in [2.75, 3.05) is 20.8 Å². The maximum absolute atomic E-state index is 12.9. The largest absolute Gasteiger partial charge is 0.496 e. The Morgan fingerprint density at radius 1 is 1.29 bits per heavy atom. The Hall–Kier alpha value is -1.98. The van der Waals surface area contributed by atoms with Crippen molar-refractivity contribution in [3.05, 3.63) is 57.3 Å². The minimum atomic E-state index is -0.115. The van der Waals surface area contributed by atoms with Crippen LogP contribution in [0.4, 0.5) is 0 Å². The van der Waals surface area contributed by atoms with Crippen molar-refractivity contribution in [2.45, 2.75) is 13.5 Å². The minimum Gasteiger partial charge on any atom is -0.496 e. The standard InChI is InChI=1S/C18H20ClNO3S/c1-5-8-20(11-14-6-7-17(19)24-14)18(21)13-9-15(22-3)12(2)16(10-13)23-4/h5-7,9-10H,1,8,11H2,2-4H3. The summed E-state index contributed by atoms with van der Waals surface area (Å²) in [7, 11) is 3.15. The van der Waals surface area contributed by atoms with E-state index in [0.29, 0.717) is 34.5 Å². The molecule has 1 heterocycles. The molecule has 0 spiro atoms. The molecule has 0 radical (unpaired) electrons. The van der Waals surface area contributed by atoms with Gasteiger partial charge < -0.3 is 14.4 Å². The molecule has 0 saturated heterocycles. The molecule has 0 atom stereocenters. The maximum atomic E-state index is 12.9. The summed E-state index contributed by atoms with van der Waals surface area (Å²) in [4.78, 5) is 15.7.